The van der Waals surface area contributed by atoms with Gasteiger partial charge < -0.3 is 19.4 Å². The molecule has 0 saturated heterocycles. The first kappa shape index (κ1) is 19.4. The van der Waals surface area contributed by atoms with Crippen LogP contribution in [0.25, 0.3) is 0 Å². The summed E-state index contributed by atoms with van der Waals surface area (Å²) < 4.78 is 10.1. The fourth-order valence-corrected chi connectivity index (χ4v) is 2.25. The molecule has 0 aliphatic rings. The zero-order valence-corrected chi connectivity index (χ0v) is 14.3. The van der Waals surface area contributed by atoms with Crippen molar-refractivity contribution >= 4 is 23.8 Å². The summed E-state index contributed by atoms with van der Waals surface area (Å²) in [5, 5.41) is 25.9. The van der Waals surface area contributed by atoms with E-state index in [0.717, 1.165) is 12.3 Å². The van der Waals surface area contributed by atoms with Gasteiger partial charge in [-0.2, -0.15) is 5.10 Å². The van der Waals surface area contributed by atoms with Gasteiger partial charge in [0.15, 0.2) is 11.5 Å². The number of nitrogens with zero attached hydrogens (tertiary/aromatic N) is 2. The number of nitro benzene ring substituents is 1. The van der Waals surface area contributed by atoms with Crippen molar-refractivity contribution in [1.29, 1.82) is 0 Å². The highest BCUT2D eigenvalue weighted by molar-refractivity contribution is 6.01. The van der Waals surface area contributed by atoms with Crippen LogP contribution in [0, 0.1) is 10.1 Å². The first-order chi connectivity index (χ1) is 12.9. The maximum absolute atomic E-state index is 12.0. The maximum atomic E-state index is 12.0. The standard InChI is InChI=1S/C17H15N3O7/c1-26-13-7-6-11(14(17(22)23)15(13)27-2)9-18-19-16(21)10-4-3-5-12(8-10)20(24)25/h3-9H,1-2H3,(H,19,21)(H,22,23)/p-1/b18-9-. The van der Waals surface area contributed by atoms with Crippen LogP contribution in [0.1, 0.15) is 26.3 Å². The molecule has 0 heterocycles. The monoisotopic (exact) mass is 372 g/mol. The Bertz CT molecular complexity index is 925. The normalized spacial score (nSPS) is 10.4. The van der Waals surface area contributed by atoms with E-state index in [9.17, 15) is 24.8 Å². The second-order valence-corrected chi connectivity index (χ2v) is 5.06. The molecule has 27 heavy (non-hydrogen) atoms. The van der Waals surface area contributed by atoms with Gasteiger partial charge in [0.2, 0.25) is 0 Å². The number of aromatic carboxylic acids is 1. The molecule has 2 aromatic rings. The van der Waals surface area contributed by atoms with Crippen molar-refractivity contribution in [3.8, 4) is 11.5 Å². The fraction of sp³-hybridized carbons (Fsp3) is 0.118. The largest absolute Gasteiger partial charge is 0.545 e. The predicted molar refractivity (Wildman–Crippen MR) is 92.0 cm³/mol. The number of hydrogen-bond donors (Lipinski definition) is 1. The molecule has 2 aromatic carbocycles. The molecule has 0 aliphatic carbocycles. The van der Waals surface area contributed by atoms with E-state index >= 15 is 0 Å². The number of benzene rings is 2. The van der Waals surface area contributed by atoms with Crippen molar-refractivity contribution in [3.05, 3.63) is 63.2 Å². The summed E-state index contributed by atoms with van der Waals surface area (Å²) >= 11 is 0. The minimum absolute atomic E-state index is 0.0220. The van der Waals surface area contributed by atoms with Gasteiger partial charge in [0, 0.05) is 23.3 Å². The van der Waals surface area contributed by atoms with Gasteiger partial charge in [0.25, 0.3) is 11.6 Å². The maximum Gasteiger partial charge on any atom is 0.271 e. The molecule has 10 heteroatoms. The van der Waals surface area contributed by atoms with Crippen LogP contribution >= 0.6 is 0 Å². The Balaban J connectivity index is 2.26. The van der Waals surface area contributed by atoms with Crippen LogP contribution < -0.4 is 20.0 Å². The van der Waals surface area contributed by atoms with E-state index in [1.807, 2.05) is 0 Å². The first-order valence-electron chi connectivity index (χ1n) is 7.43. The van der Waals surface area contributed by atoms with E-state index in [2.05, 4.69) is 10.5 Å². The molecule has 0 bridgehead atoms. The molecule has 140 valence electrons. The second kappa shape index (κ2) is 8.43. The van der Waals surface area contributed by atoms with Crippen LogP contribution in [-0.2, 0) is 0 Å². The Morgan fingerprint density at radius 2 is 1.93 bits per heavy atom. The topological polar surface area (TPSA) is 143 Å². The number of carbonyl (C=O) groups is 2. The molecule has 0 aromatic heterocycles. The molecular formula is C17H14N3O7-. The van der Waals surface area contributed by atoms with Crippen molar-refractivity contribution in [1.82, 2.24) is 5.43 Å². The zero-order valence-electron chi connectivity index (χ0n) is 14.3. The lowest BCUT2D eigenvalue weighted by Gasteiger charge is -2.15. The van der Waals surface area contributed by atoms with Gasteiger partial charge >= 0.3 is 0 Å². The van der Waals surface area contributed by atoms with Gasteiger partial charge in [-0.25, -0.2) is 5.43 Å². The van der Waals surface area contributed by atoms with Gasteiger partial charge in [-0.3, -0.25) is 14.9 Å². The number of carboxylic acid groups (broad SMARTS) is 1. The molecule has 0 radical (unpaired) electrons. The molecule has 2 rings (SSSR count). The van der Waals surface area contributed by atoms with E-state index in [1.54, 1.807) is 0 Å². The quantitative estimate of drug-likeness (QED) is 0.429. The van der Waals surface area contributed by atoms with Crippen LogP contribution in [0.5, 0.6) is 11.5 Å². The molecule has 0 unspecified atom stereocenters. The third kappa shape index (κ3) is 4.37. The first-order valence-corrected chi connectivity index (χ1v) is 7.43. The zero-order chi connectivity index (χ0) is 20.0. The van der Waals surface area contributed by atoms with Crippen LogP contribution in [0.3, 0.4) is 0 Å². The highest BCUT2D eigenvalue weighted by Crippen LogP contribution is 2.32. The average molecular weight is 372 g/mol. The summed E-state index contributed by atoms with van der Waals surface area (Å²) in [5.74, 6) is -2.08. The minimum atomic E-state index is -1.52. The Morgan fingerprint density at radius 1 is 1.19 bits per heavy atom. The molecule has 0 aliphatic heterocycles. The summed E-state index contributed by atoms with van der Waals surface area (Å²) in [5.41, 5.74) is 1.75. The highest BCUT2D eigenvalue weighted by Gasteiger charge is 2.15. The fourth-order valence-electron chi connectivity index (χ4n) is 2.25. The average Bonchev–Trinajstić information content (AvgIpc) is 2.66. The second-order valence-electron chi connectivity index (χ2n) is 5.06. The number of ether oxygens (including phenoxy) is 2. The molecule has 0 atom stereocenters. The number of carboxylic acids is 1. The third-order valence-corrected chi connectivity index (χ3v) is 3.47. The van der Waals surface area contributed by atoms with Crippen LogP contribution in [-0.4, -0.2) is 37.2 Å². The SMILES string of the molecule is COc1ccc(/C=N\NC(=O)c2cccc([N+](=O)[O-])c2)c(C(=O)[O-])c1OC. The number of nitrogens with one attached hydrogen (secondary N) is 1. The molecule has 0 saturated carbocycles. The molecule has 10 nitrogen and oxygen atoms in total. The third-order valence-electron chi connectivity index (χ3n) is 3.47. The Hall–Kier alpha value is -3.95. The number of hydrogen-bond acceptors (Lipinski definition) is 8. The number of amides is 1. The summed E-state index contributed by atoms with van der Waals surface area (Å²) in [7, 11) is 2.62. The molecule has 0 fully saturated rings. The molecular weight excluding hydrogens is 358 g/mol. The van der Waals surface area contributed by atoms with Crippen molar-refractivity contribution in [2.24, 2.45) is 5.10 Å². The van der Waals surface area contributed by atoms with Crippen molar-refractivity contribution in [2.45, 2.75) is 0 Å². The van der Waals surface area contributed by atoms with Crippen molar-refractivity contribution < 1.29 is 29.1 Å². The van der Waals surface area contributed by atoms with E-state index in [4.69, 9.17) is 9.47 Å². The van der Waals surface area contributed by atoms with Crippen LogP contribution in [0.2, 0.25) is 0 Å². The lowest BCUT2D eigenvalue weighted by atomic mass is 10.1. The number of hydrazone groups is 1. The van der Waals surface area contributed by atoms with Crippen molar-refractivity contribution in [2.75, 3.05) is 14.2 Å². The van der Waals surface area contributed by atoms with Gasteiger partial charge in [0.05, 0.1) is 36.9 Å². The van der Waals surface area contributed by atoms with E-state index in [1.165, 1.54) is 44.6 Å². The summed E-state index contributed by atoms with van der Waals surface area (Å²) in [6.07, 6.45) is 1.09. The number of methoxy groups -OCH3 is 2. The number of carbonyl (C=O) groups excluding carboxylic acids is 2. The highest BCUT2D eigenvalue weighted by atomic mass is 16.6. The minimum Gasteiger partial charge on any atom is -0.545 e. The Kier molecular flexibility index (Phi) is 6.05. The number of non-ortho nitro benzene ring substituents is 1. The smallest absolute Gasteiger partial charge is 0.271 e. The van der Waals surface area contributed by atoms with E-state index in [0.29, 0.717) is 0 Å². The van der Waals surface area contributed by atoms with Crippen molar-refractivity contribution in [3.63, 3.8) is 0 Å². The number of rotatable bonds is 7. The van der Waals surface area contributed by atoms with Crippen LogP contribution in [0.15, 0.2) is 41.5 Å². The molecule has 1 N–H and O–H groups in total. The van der Waals surface area contributed by atoms with E-state index < -0.39 is 16.8 Å². The van der Waals surface area contributed by atoms with E-state index in [-0.39, 0.29) is 33.9 Å². The van der Waals surface area contributed by atoms with Crippen LogP contribution in [0.4, 0.5) is 5.69 Å². The predicted octanol–water partition coefficient (Wildman–Crippen LogP) is 0.739. The summed E-state index contributed by atoms with van der Waals surface area (Å²) in [4.78, 5) is 33.6. The van der Waals surface area contributed by atoms with Gasteiger partial charge in [-0.1, -0.05) is 6.07 Å². The Labute approximate surface area is 153 Å². The Morgan fingerprint density at radius 3 is 2.52 bits per heavy atom. The van der Waals surface area contributed by atoms with Gasteiger partial charge in [-0.15, -0.1) is 0 Å². The summed E-state index contributed by atoms with van der Waals surface area (Å²) in [6, 6.07) is 7.94. The lowest BCUT2D eigenvalue weighted by molar-refractivity contribution is -0.384. The molecule has 0 spiro atoms. The number of nitro groups is 1. The van der Waals surface area contributed by atoms with Gasteiger partial charge in [0.1, 0.15) is 0 Å². The summed E-state index contributed by atoms with van der Waals surface area (Å²) in [6.45, 7) is 0. The lowest BCUT2D eigenvalue weighted by Crippen LogP contribution is -2.25. The molecule has 1 amide bonds. The van der Waals surface area contributed by atoms with Gasteiger partial charge in [-0.05, 0) is 18.2 Å².